The first-order valence-electron chi connectivity index (χ1n) is 8.08. The third-order valence-electron chi connectivity index (χ3n) is 4.34. The number of methoxy groups -OCH3 is 1. The minimum Gasteiger partial charge on any atom is -0.385 e. The number of nitrogens with zero attached hydrogens (tertiary/aromatic N) is 1. The van der Waals surface area contributed by atoms with Crippen LogP contribution in [0.25, 0.3) is 0 Å². The molecule has 3 atom stereocenters. The van der Waals surface area contributed by atoms with Crippen molar-refractivity contribution in [3.8, 4) is 0 Å². The van der Waals surface area contributed by atoms with E-state index in [1.165, 1.54) is 38.8 Å². The Morgan fingerprint density at radius 2 is 2.11 bits per heavy atom. The normalized spacial score (nSPS) is 27.9. The maximum Gasteiger partial charge on any atom is 0.0474 e. The van der Waals surface area contributed by atoms with Crippen LogP contribution in [0.15, 0.2) is 0 Å². The summed E-state index contributed by atoms with van der Waals surface area (Å²) in [5.41, 5.74) is 0. The summed E-state index contributed by atoms with van der Waals surface area (Å²) in [5.74, 6) is 1.72. The van der Waals surface area contributed by atoms with E-state index in [0.717, 1.165) is 37.5 Å². The van der Waals surface area contributed by atoms with E-state index in [2.05, 4.69) is 31.1 Å². The average molecular weight is 270 g/mol. The van der Waals surface area contributed by atoms with Crippen molar-refractivity contribution in [3.05, 3.63) is 0 Å². The smallest absolute Gasteiger partial charge is 0.0474 e. The van der Waals surface area contributed by atoms with Gasteiger partial charge in [-0.1, -0.05) is 13.8 Å². The monoisotopic (exact) mass is 270 g/mol. The van der Waals surface area contributed by atoms with E-state index in [4.69, 9.17) is 4.74 Å². The van der Waals surface area contributed by atoms with Crippen LogP contribution >= 0.6 is 0 Å². The first-order valence-corrected chi connectivity index (χ1v) is 8.08. The van der Waals surface area contributed by atoms with Crippen molar-refractivity contribution >= 4 is 0 Å². The van der Waals surface area contributed by atoms with Gasteiger partial charge in [0.1, 0.15) is 0 Å². The van der Waals surface area contributed by atoms with E-state index in [9.17, 15) is 0 Å². The van der Waals surface area contributed by atoms with Gasteiger partial charge >= 0.3 is 0 Å². The van der Waals surface area contributed by atoms with Gasteiger partial charge in [0.15, 0.2) is 0 Å². The lowest BCUT2D eigenvalue weighted by Crippen LogP contribution is -2.45. The second-order valence-electron chi connectivity index (χ2n) is 6.35. The van der Waals surface area contributed by atoms with E-state index in [0.29, 0.717) is 0 Å². The summed E-state index contributed by atoms with van der Waals surface area (Å²) in [6.45, 7) is 9.10. The standard InChI is InChI=1S/C16H34N2O/c1-5-9-17-16-8-7-14(2)12-15(16)13-18(3)10-6-11-19-4/h14-17H,5-13H2,1-4H3. The Labute approximate surface area is 120 Å². The summed E-state index contributed by atoms with van der Waals surface area (Å²) >= 11 is 0. The van der Waals surface area contributed by atoms with Crippen molar-refractivity contribution in [3.63, 3.8) is 0 Å². The Balaban J connectivity index is 2.35. The van der Waals surface area contributed by atoms with Crippen LogP contribution in [0.3, 0.4) is 0 Å². The summed E-state index contributed by atoms with van der Waals surface area (Å²) < 4.78 is 5.13. The van der Waals surface area contributed by atoms with Crippen LogP contribution in [0.4, 0.5) is 0 Å². The predicted molar refractivity (Wildman–Crippen MR) is 82.6 cm³/mol. The molecule has 0 aromatic carbocycles. The Kier molecular flexibility index (Phi) is 8.67. The number of ether oxygens (including phenoxy) is 1. The van der Waals surface area contributed by atoms with Gasteiger partial charge in [-0.15, -0.1) is 0 Å². The number of rotatable bonds is 9. The molecule has 1 N–H and O–H groups in total. The SMILES string of the molecule is CCCNC1CCC(C)CC1CN(C)CCCOC. The molecule has 0 heterocycles. The molecule has 3 nitrogen and oxygen atoms in total. The average Bonchev–Trinajstić information content (AvgIpc) is 2.38. The molecule has 0 saturated heterocycles. The molecule has 0 bridgehead atoms. The molecular weight excluding hydrogens is 236 g/mol. The topological polar surface area (TPSA) is 24.5 Å². The molecule has 1 fully saturated rings. The fourth-order valence-corrected chi connectivity index (χ4v) is 3.27. The van der Waals surface area contributed by atoms with Crippen molar-refractivity contribution in [1.29, 1.82) is 0 Å². The molecule has 0 aromatic rings. The third kappa shape index (κ3) is 6.73. The molecule has 3 heteroatoms. The van der Waals surface area contributed by atoms with Crippen LogP contribution in [0.1, 0.15) is 46.0 Å². The molecule has 1 rings (SSSR count). The first kappa shape index (κ1) is 16.9. The van der Waals surface area contributed by atoms with Crippen molar-refractivity contribution in [2.45, 2.75) is 52.0 Å². The summed E-state index contributed by atoms with van der Waals surface area (Å²) in [5, 5.41) is 3.76. The van der Waals surface area contributed by atoms with E-state index in [-0.39, 0.29) is 0 Å². The van der Waals surface area contributed by atoms with Crippen molar-refractivity contribution in [1.82, 2.24) is 10.2 Å². The van der Waals surface area contributed by atoms with Crippen LogP contribution in [-0.4, -0.2) is 51.3 Å². The molecule has 3 unspecified atom stereocenters. The highest BCUT2D eigenvalue weighted by molar-refractivity contribution is 4.85. The van der Waals surface area contributed by atoms with Gasteiger partial charge in [-0.3, -0.25) is 0 Å². The molecular formula is C16H34N2O. The fourth-order valence-electron chi connectivity index (χ4n) is 3.27. The molecule has 1 saturated carbocycles. The zero-order chi connectivity index (χ0) is 14.1. The van der Waals surface area contributed by atoms with Gasteiger partial charge in [-0.05, 0) is 57.5 Å². The highest BCUT2D eigenvalue weighted by Crippen LogP contribution is 2.29. The predicted octanol–water partition coefficient (Wildman–Crippen LogP) is 2.76. The van der Waals surface area contributed by atoms with Gasteiger partial charge in [-0.25, -0.2) is 0 Å². The van der Waals surface area contributed by atoms with Crippen molar-refractivity contribution < 1.29 is 4.74 Å². The molecule has 1 aliphatic rings. The lowest BCUT2D eigenvalue weighted by Gasteiger charge is -2.37. The molecule has 1 aliphatic carbocycles. The van der Waals surface area contributed by atoms with Crippen LogP contribution in [-0.2, 0) is 4.74 Å². The third-order valence-corrected chi connectivity index (χ3v) is 4.34. The summed E-state index contributed by atoms with van der Waals surface area (Å²) in [7, 11) is 4.04. The van der Waals surface area contributed by atoms with Gasteiger partial charge < -0.3 is 15.0 Å². The van der Waals surface area contributed by atoms with Crippen LogP contribution in [0, 0.1) is 11.8 Å². The maximum atomic E-state index is 5.13. The number of hydrogen-bond donors (Lipinski definition) is 1. The molecule has 114 valence electrons. The molecule has 0 amide bonds. The summed E-state index contributed by atoms with van der Waals surface area (Å²) in [6.07, 6.45) is 6.52. The van der Waals surface area contributed by atoms with Gasteiger partial charge in [-0.2, -0.15) is 0 Å². The largest absolute Gasteiger partial charge is 0.385 e. The van der Waals surface area contributed by atoms with E-state index < -0.39 is 0 Å². The van der Waals surface area contributed by atoms with E-state index in [1.54, 1.807) is 7.11 Å². The van der Waals surface area contributed by atoms with E-state index >= 15 is 0 Å². The van der Waals surface area contributed by atoms with Gasteiger partial charge in [0.05, 0.1) is 0 Å². The van der Waals surface area contributed by atoms with Gasteiger partial charge in [0.2, 0.25) is 0 Å². The molecule has 0 aliphatic heterocycles. The Bertz CT molecular complexity index is 221. The second kappa shape index (κ2) is 9.73. The Hall–Kier alpha value is -0.120. The summed E-state index contributed by atoms with van der Waals surface area (Å²) in [6, 6.07) is 0.737. The second-order valence-corrected chi connectivity index (χ2v) is 6.35. The van der Waals surface area contributed by atoms with Crippen LogP contribution in [0.5, 0.6) is 0 Å². The number of nitrogens with one attached hydrogen (secondary N) is 1. The summed E-state index contributed by atoms with van der Waals surface area (Å²) in [4.78, 5) is 2.49. The van der Waals surface area contributed by atoms with Crippen molar-refractivity contribution in [2.24, 2.45) is 11.8 Å². The lowest BCUT2D eigenvalue weighted by molar-refractivity contribution is 0.143. The fraction of sp³-hybridized carbons (Fsp3) is 1.00. The van der Waals surface area contributed by atoms with Gasteiger partial charge in [0, 0.05) is 32.8 Å². The van der Waals surface area contributed by atoms with Gasteiger partial charge in [0.25, 0.3) is 0 Å². The van der Waals surface area contributed by atoms with Crippen molar-refractivity contribution in [2.75, 3.05) is 40.4 Å². The molecule has 0 radical (unpaired) electrons. The minimum atomic E-state index is 0.737. The van der Waals surface area contributed by atoms with E-state index in [1.807, 2.05) is 0 Å². The first-order chi connectivity index (χ1) is 9.17. The zero-order valence-electron chi connectivity index (χ0n) is 13.5. The van der Waals surface area contributed by atoms with Crippen LogP contribution in [0.2, 0.25) is 0 Å². The maximum absolute atomic E-state index is 5.13. The highest BCUT2D eigenvalue weighted by atomic mass is 16.5. The Morgan fingerprint density at radius 3 is 2.79 bits per heavy atom. The minimum absolute atomic E-state index is 0.737. The Morgan fingerprint density at radius 1 is 1.32 bits per heavy atom. The molecule has 0 aromatic heterocycles. The lowest BCUT2D eigenvalue weighted by atomic mass is 9.78. The number of hydrogen-bond acceptors (Lipinski definition) is 3. The van der Waals surface area contributed by atoms with Crippen LogP contribution < -0.4 is 5.32 Å². The molecule has 0 spiro atoms. The highest BCUT2D eigenvalue weighted by Gasteiger charge is 2.28. The molecule has 19 heavy (non-hydrogen) atoms. The quantitative estimate of drug-likeness (QED) is 0.652. The zero-order valence-corrected chi connectivity index (χ0v) is 13.5.